The molecule has 24 heteroatoms. The van der Waals surface area contributed by atoms with E-state index in [0.717, 1.165) is 121 Å². The summed E-state index contributed by atoms with van der Waals surface area (Å²) in [7, 11) is 8.56. The number of hydrogen-bond acceptors (Lipinski definition) is 16. The van der Waals surface area contributed by atoms with Crippen LogP contribution in [0.2, 0.25) is 0 Å². The van der Waals surface area contributed by atoms with E-state index in [-0.39, 0.29) is 58.8 Å². The molecular weight excluding hydrogens is 1260 g/mol. The molecule has 0 saturated carbocycles. The lowest BCUT2D eigenvalue weighted by Crippen LogP contribution is -3.00. The van der Waals surface area contributed by atoms with Crippen LogP contribution in [0.1, 0.15) is 53.4 Å². The largest absolute Gasteiger partial charge is 1.00 e. The fraction of sp³-hybridized carbons (Fsp3) is 0.357. The summed E-state index contributed by atoms with van der Waals surface area (Å²) < 4.78 is 8.35. The number of azo groups is 4. The number of benzene rings is 4. The number of aromatic nitrogens is 4. The smallest absolute Gasteiger partial charge is 0.408 e. The molecule has 0 fully saturated rings. The maximum atomic E-state index is 4.39. The Hall–Kier alpha value is -5.46. The summed E-state index contributed by atoms with van der Waals surface area (Å²) in [4.78, 5) is 9.17. The van der Waals surface area contributed by atoms with E-state index in [9.17, 15) is 0 Å². The quantitative estimate of drug-likeness (QED) is 0.0470. The lowest BCUT2D eigenvalue weighted by Gasteiger charge is -2.22. The maximum absolute atomic E-state index is 4.39. The van der Waals surface area contributed by atoms with Crippen LogP contribution in [0.4, 0.5) is 66.0 Å². The first-order valence-corrected chi connectivity index (χ1v) is 29.5. The molecule has 4 aromatic heterocycles. The summed E-state index contributed by atoms with van der Waals surface area (Å²) in [5.74, 6) is 0. The number of hydrogen-bond donors (Lipinski definition) is 0. The molecular formula is C56H72Br2Cl2N16S4. The highest BCUT2D eigenvalue weighted by atomic mass is 79.9. The van der Waals surface area contributed by atoms with Gasteiger partial charge in [-0.2, -0.15) is 0 Å². The van der Waals surface area contributed by atoms with Crippen molar-refractivity contribution in [2.24, 2.45) is 40.9 Å². The van der Waals surface area contributed by atoms with E-state index < -0.39 is 0 Å². The lowest BCUT2D eigenvalue weighted by atomic mass is 10.2. The monoisotopic (exact) mass is 1320 g/mol. The Morgan fingerprint density at radius 2 is 0.500 bits per heavy atom. The summed E-state index contributed by atoms with van der Waals surface area (Å²) >= 11 is 6.39. The molecule has 8 rings (SSSR count). The van der Waals surface area contributed by atoms with Crippen molar-refractivity contribution < 1.29 is 77.0 Å². The van der Waals surface area contributed by atoms with Crippen LogP contribution in [0.15, 0.2) is 184 Å². The van der Waals surface area contributed by atoms with Crippen LogP contribution < -0.4 is 96.6 Å². The summed E-state index contributed by atoms with van der Waals surface area (Å²) in [6.07, 6.45) is 12.6. The zero-order chi connectivity index (χ0) is 53.5. The molecule has 0 amide bonds. The Morgan fingerprint density at radius 1 is 0.312 bits per heavy atom. The van der Waals surface area contributed by atoms with Gasteiger partial charge in [-0.25, -0.2) is 18.3 Å². The molecule has 428 valence electrons. The summed E-state index contributed by atoms with van der Waals surface area (Å²) in [5.41, 5.74) is 8.21. The molecule has 0 bridgehead atoms. The first-order valence-electron chi connectivity index (χ1n) is 25.9. The number of thiazole rings is 4. The Labute approximate surface area is 522 Å². The van der Waals surface area contributed by atoms with E-state index in [0.29, 0.717) is 0 Å². The second kappa shape index (κ2) is 36.8. The topological polar surface area (TPSA) is 127 Å². The van der Waals surface area contributed by atoms with Crippen molar-refractivity contribution in [1.82, 2.24) is 0 Å². The molecule has 0 N–H and O–H groups in total. The molecule has 8 aromatic rings. The predicted octanol–water partition coefficient (Wildman–Crippen LogP) is 3.23. The lowest BCUT2D eigenvalue weighted by molar-refractivity contribution is -0.677. The molecule has 0 saturated heterocycles. The number of anilines is 4. The van der Waals surface area contributed by atoms with Crippen LogP contribution >= 0.6 is 45.3 Å². The normalized spacial score (nSPS) is 11.0. The minimum atomic E-state index is 0. The predicted molar refractivity (Wildman–Crippen MR) is 315 cm³/mol. The number of rotatable bonds is 26. The van der Waals surface area contributed by atoms with Gasteiger partial charge in [0.2, 0.25) is 0 Å². The number of nitrogens with zero attached hydrogens (tertiary/aromatic N) is 16. The van der Waals surface area contributed by atoms with Crippen LogP contribution in [-0.4, -0.2) is 54.4 Å². The van der Waals surface area contributed by atoms with E-state index in [4.69, 9.17) is 0 Å². The Balaban J connectivity index is 0.000000400. The van der Waals surface area contributed by atoms with Crippen LogP contribution in [0.3, 0.4) is 0 Å². The molecule has 0 aliphatic carbocycles. The van der Waals surface area contributed by atoms with E-state index in [1.165, 1.54) is 22.7 Å². The van der Waals surface area contributed by atoms with Crippen molar-refractivity contribution in [1.29, 1.82) is 0 Å². The molecule has 0 aliphatic rings. The van der Waals surface area contributed by atoms with Gasteiger partial charge in [0.15, 0.2) is 0 Å². The van der Waals surface area contributed by atoms with Gasteiger partial charge in [0, 0.05) is 98.6 Å². The number of halogens is 4. The SMILES string of the molecule is CC[n+]1ccsc1N=Nc1ccc(N(C)CCCCN(C)c2ccc(N=Nc3scc[n+]3CC)cc2)cc1.CC[n+]1ccsc1N=Nc1ccc(N(C)CCCCN(C)c2ccc(N=Nc3scc[n+]3CC)cc2)cc1.[Br-].[Br-].[Cl-].[Cl-]. The van der Waals surface area contributed by atoms with E-state index in [2.05, 4.69) is 183 Å². The molecule has 0 radical (unpaired) electrons. The van der Waals surface area contributed by atoms with Crippen LogP contribution in [0, 0.1) is 0 Å². The summed E-state index contributed by atoms with van der Waals surface area (Å²) in [6, 6.07) is 33.1. The van der Waals surface area contributed by atoms with Crippen LogP contribution in [-0.2, 0) is 26.2 Å². The van der Waals surface area contributed by atoms with Gasteiger partial charge in [0.05, 0.1) is 46.6 Å². The summed E-state index contributed by atoms with van der Waals surface area (Å²) in [5, 5.41) is 46.9. The zero-order valence-electron chi connectivity index (χ0n) is 46.6. The first-order chi connectivity index (χ1) is 37.1. The Morgan fingerprint density at radius 3 is 0.675 bits per heavy atom. The van der Waals surface area contributed by atoms with Gasteiger partial charge in [-0.1, -0.05) is 0 Å². The highest BCUT2D eigenvalue weighted by molar-refractivity contribution is 7.13. The van der Waals surface area contributed by atoms with Gasteiger partial charge in [0.1, 0.15) is 47.5 Å². The first kappa shape index (κ1) is 68.8. The highest BCUT2D eigenvalue weighted by Crippen LogP contribution is 2.27. The maximum Gasteiger partial charge on any atom is 0.408 e. The Kier molecular flexibility index (Phi) is 31.7. The standard InChI is InChI=1S/2C28H36N8S2.2BrH.2ClH/c2*1-5-35-19-21-37-27(35)31-29-23-9-13-25(14-10-23)33(3)17-7-8-18-34(4)26-15-11-24(12-16-26)30-32-28-36(6-2)20-22-38-28;;;;/h2*9-16,19-22H,5-8,17-18H2,1-4H3;4*1H/q2*+2;;;;/p-4. The van der Waals surface area contributed by atoms with Gasteiger partial charge in [-0.05, 0) is 216 Å². The molecule has 0 aliphatic heterocycles. The average molecular weight is 1330 g/mol. The van der Waals surface area contributed by atoms with Crippen molar-refractivity contribution in [3.63, 3.8) is 0 Å². The van der Waals surface area contributed by atoms with E-state index >= 15 is 0 Å². The highest BCUT2D eigenvalue weighted by Gasteiger charge is 2.14. The fourth-order valence-electron chi connectivity index (χ4n) is 7.88. The molecule has 16 nitrogen and oxygen atoms in total. The molecule has 0 unspecified atom stereocenters. The summed E-state index contributed by atoms with van der Waals surface area (Å²) in [6.45, 7) is 16.0. The molecule has 0 spiro atoms. The van der Waals surface area contributed by atoms with Crippen molar-refractivity contribution in [3.05, 3.63) is 143 Å². The van der Waals surface area contributed by atoms with E-state index in [1.807, 2.05) is 94.8 Å². The second-order valence-electron chi connectivity index (χ2n) is 17.9. The third-order valence-electron chi connectivity index (χ3n) is 12.6. The van der Waals surface area contributed by atoms with Gasteiger partial charge < -0.3 is 78.4 Å². The van der Waals surface area contributed by atoms with Crippen LogP contribution in [0.25, 0.3) is 0 Å². The minimum Gasteiger partial charge on any atom is -1.00 e. The minimum absolute atomic E-state index is 0. The average Bonchev–Trinajstić information content (AvgIpc) is 4.32. The molecule has 4 heterocycles. The van der Waals surface area contributed by atoms with E-state index in [1.54, 1.807) is 45.3 Å². The van der Waals surface area contributed by atoms with Crippen molar-refractivity contribution in [2.45, 2.75) is 79.6 Å². The van der Waals surface area contributed by atoms with Crippen molar-refractivity contribution >= 4 is 111 Å². The van der Waals surface area contributed by atoms with Gasteiger partial charge >= 0.3 is 20.5 Å². The third kappa shape index (κ3) is 21.1. The Bertz CT molecular complexity index is 2680. The van der Waals surface area contributed by atoms with Crippen molar-refractivity contribution in [2.75, 3.05) is 74.0 Å². The molecule has 80 heavy (non-hydrogen) atoms. The number of aryl methyl sites for hydroxylation is 4. The fourth-order valence-corrected chi connectivity index (χ4v) is 10.9. The zero-order valence-corrected chi connectivity index (χ0v) is 54.6. The van der Waals surface area contributed by atoms with Crippen molar-refractivity contribution in [3.8, 4) is 0 Å². The van der Waals surface area contributed by atoms with Gasteiger partial charge in [0.25, 0.3) is 0 Å². The molecule has 0 atom stereocenters. The molecule has 4 aromatic carbocycles. The second-order valence-corrected chi connectivity index (χ2v) is 21.3. The third-order valence-corrected chi connectivity index (χ3v) is 15.8. The van der Waals surface area contributed by atoms with Gasteiger partial charge in [-0.15, -0.1) is 0 Å². The number of unbranched alkanes of at least 4 members (excludes halogenated alkanes) is 2. The van der Waals surface area contributed by atoms with Gasteiger partial charge in [-0.3, -0.25) is 0 Å². The van der Waals surface area contributed by atoms with Crippen LogP contribution in [0.5, 0.6) is 0 Å².